The third-order valence-corrected chi connectivity index (χ3v) is 10.3. The molecule has 4 N–H and O–H groups in total. The second-order valence-corrected chi connectivity index (χ2v) is 13.9. The Hall–Kier alpha value is -4.96. The van der Waals surface area contributed by atoms with Crippen molar-refractivity contribution < 1.29 is 33.8 Å². The fraction of sp³-hybridized carbons (Fsp3) is 0.415. The number of carbonyl (C=O) groups excluding carboxylic acids is 4. The molecule has 10 heteroatoms. The van der Waals surface area contributed by atoms with Gasteiger partial charge in [-0.1, -0.05) is 104 Å². The molecular weight excluding hydrogens is 646 g/mol. The minimum atomic E-state index is -0.971. The van der Waals surface area contributed by atoms with Crippen molar-refractivity contribution in [2.24, 2.45) is 5.92 Å². The van der Waals surface area contributed by atoms with Crippen LogP contribution in [0.5, 0.6) is 0 Å². The van der Waals surface area contributed by atoms with Crippen LogP contribution in [0.4, 0.5) is 4.79 Å². The van der Waals surface area contributed by atoms with Gasteiger partial charge in [-0.05, 0) is 66.3 Å². The van der Waals surface area contributed by atoms with Gasteiger partial charge in [0, 0.05) is 12.3 Å². The Morgan fingerprint density at radius 3 is 2.25 bits per heavy atom. The van der Waals surface area contributed by atoms with Crippen LogP contribution in [0.25, 0.3) is 11.1 Å². The summed E-state index contributed by atoms with van der Waals surface area (Å²) in [5, 5.41) is 18.8. The van der Waals surface area contributed by atoms with E-state index < -0.39 is 35.6 Å². The lowest BCUT2D eigenvalue weighted by Gasteiger charge is -2.29. The molecule has 1 heterocycles. The third kappa shape index (κ3) is 9.05. The number of aliphatic hydroxyl groups excluding tert-OH is 1. The molecule has 3 amide bonds. The Morgan fingerprint density at radius 1 is 0.902 bits per heavy atom. The highest BCUT2D eigenvalue weighted by atomic mass is 16.6. The number of benzene rings is 3. The van der Waals surface area contributed by atoms with E-state index in [1.165, 1.54) is 0 Å². The van der Waals surface area contributed by atoms with Crippen LogP contribution >= 0.6 is 0 Å². The molecule has 10 nitrogen and oxygen atoms in total. The second-order valence-electron chi connectivity index (χ2n) is 13.9. The average Bonchev–Trinajstić information content (AvgIpc) is 3.74. The highest BCUT2D eigenvalue weighted by molar-refractivity contribution is 5.87. The van der Waals surface area contributed by atoms with Gasteiger partial charge in [0.05, 0.1) is 24.1 Å². The number of fused-ring (bicyclic) bond motifs is 3. The molecule has 1 aliphatic heterocycles. The quantitative estimate of drug-likeness (QED) is 0.175. The fourth-order valence-corrected chi connectivity index (χ4v) is 7.55. The smallest absolute Gasteiger partial charge is 0.407 e. The lowest BCUT2D eigenvalue weighted by Crippen LogP contribution is -2.50. The number of carbonyl (C=O) groups is 4. The second kappa shape index (κ2) is 16.8. The minimum absolute atomic E-state index is 0.0399. The topological polar surface area (TPSA) is 143 Å². The van der Waals surface area contributed by atoms with Gasteiger partial charge in [0.25, 0.3) is 0 Å². The number of cyclic esters (lactones) is 1. The zero-order valence-electron chi connectivity index (χ0n) is 28.9. The number of aliphatic hydroxyl groups is 1. The molecule has 3 aliphatic rings. The third-order valence-electron chi connectivity index (χ3n) is 10.3. The van der Waals surface area contributed by atoms with E-state index in [1.54, 1.807) is 0 Å². The van der Waals surface area contributed by atoms with Gasteiger partial charge >= 0.3 is 12.1 Å². The van der Waals surface area contributed by atoms with Crippen LogP contribution in [0, 0.1) is 5.92 Å². The van der Waals surface area contributed by atoms with Crippen LogP contribution in [0.2, 0.25) is 0 Å². The molecule has 3 aromatic rings. The molecule has 3 atom stereocenters. The van der Waals surface area contributed by atoms with E-state index in [4.69, 9.17) is 9.47 Å². The first-order valence-electron chi connectivity index (χ1n) is 18.0. The normalized spacial score (nSPS) is 21.9. The Morgan fingerprint density at radius 2 is 1.57 bits per heavy atom. The number of nitrogens with one attached hydrogen (secondary N) is 3. The number of alkyl carbamates (subject to hydrolysis) is 1. The molecule has 0 saturated heterocycles. The molecule has 268 valence electrons. The van der Waals surface area contributed by atoms with E-state index in [-0.39, 0.29) is 50.4 Å². The summed E-state index contributed by atoms with van der Waals surface area (Å²) in [6.07, 6.45) is 7.61. The Balaban J connectivity index is 1.12. The zero-order chi connectivity index (χ0) is 35.6. The van der Waals surface area contributed by atoms with E-state index >= 15 is 0 Å². The monoisotopic (exact) mass is 693 g/mol. The van der Waals surface area contributed by atoms with Crippen LogP contribution in [-0.4, -0.2) is 66.4 Å². The molecule has 0 bridgehead atoms. The van der Waals surface area contributed by atoms with Crippen molar-refractivity contribution in [1.29, 1.82) is 0 Å². The number of ether oxygens (including phenoxy) is 2. The average molecular weight is 694 g/mol. The van der Waals surface area contributed by atoms with Gasteiger partial charge < -0.3 is 30.5 Å². The molecule has 51 heavy (non-hydrogen) atoms. The van der Waals surface area contributed by atoms with E-state index in [9.17, 15) is 24.3 Å². The standard InChI is InChI=1S/C41H47N3O7/c45-27-41(21-11-12-22-41)44-37(46)24-29-15-5-2-6-20-36(39(48)50-25-30(42-38(29)47)23-28-13-3-1-4-14-28)43-40(49)51-26-35-33-18-9-7-16-31(33)32-17-8-10-19-34(32)35/h1-5,7-10,13-14,16-19,29-30,35-36,45H,6,11-12,15,20-27H2,(H,42,47)(H,43,49)(H,44,46)/t29-,30-,36+/m1/s1. The van der Waals surface area contributed by atoms with Gasteiger partial charge in [-0.15, -0.1) is 0 Å². The van der Waals surface area contributed by atoms with E-state index in [0.29, 0.717) is 32.1 Å². The zero-order valence-corrected chi connectivity index (χ0v) is 28.9. The summed E-state index contributed by atoms with van der Waals surface area (Å²) >= 11 is 0. The molecule has 6 rings (SSSR count). The van der Waals surface area contributed by atoms with E-state index in [1.807, 2.05) is 78.9 Å². The minimum Gasteiger partial charge on any atom is -0.462 e. The van der Waals surface area contributed by atoms with Crippen molar-refractivity contribution in [2.75, 3.05) is 19.8 Å². The van der Waals surface area contributed by atoms with E-state index in [0.717, 1.165) is 40.7 Å². The van der Waals surface area contributed by atoms with Crippen LogP contribution in [0.1, 0.15) is 74.0 Å². The van der Waals surface area contributed by atoms with Crippen molar-refractivity contribution in [3.63, 3.8) is 0 Å². The number of hydrogen-bond donors (Lipinski definition) is 4. The summed E-state index contributed by atoms with van der Waals surface area (Å²) in [5.41, 5.74) is 4.73. The van der Waals surface area contributed by atoms with Crippen molar-refractivity contribution in [3.05, 3.63) is 108 Å². The van der Waals surface area contributed by atoms with Gasteiger partial charge in [-0.2, -0.15) is 0 Å². The Bertz CT molecular complexity index is 1670. The summed E-state index contributed by atoms with van der Waals surface area (Å²) in [6, 6.07) is 24.2. The first-order valence-corrected chi connectivity index (χ1v) is 18.0. The molecule has 0 radical (unpaired) electrons. The summed E-state index contributed by atoms with van der Waals surface area (Å²) in [4.78, 5) is 53.5. The predicted molar refractivity (Wildman–Crippen MR) is 193 cm³/mol. The van der Waals surface area contributed by atoms with Crippen molar-refractivity contribution in [1.82, 2.24) is 16.0 Å². The maximum Gasteiger partial charge on any atom is 0.407 e. The Kier molecular flexibility index (Phi) is 11.8. The van der Waals surface area contributed by atoms with Crippen molar-refractivity contribution in [2.45, 2.75) is 81.3 Å². The highest BCUT2D eigenvalue weighted by Gasteiger charge is 2.36. The lowest BCUT2D eigenvalue weighted by molar-refractivity contribution is -0.147. The van der Waals surface area contributed by atoms with Crippen molar-refractivity contribution >= 4 is 23.9 Å². The summed E-state index contributed by atoms with van der Waals surface area (Å²) in [6.45, 7) is -0.144. The van der Waals surface area contributed by atoms with Gasteiger partial charge in [-0.25, -0.2) is 9.59 Å². The number of esters is 1. The van der Waals surface area contributed by atoms with Gasteiger partial charge in [-0.3, -0.25) is 9.59 Å². The molecule has 2 aliphatic carbocycles. The van der Waals surface area contributed by atoms with Gasteiger partial charge in [0.2, 0.25) is 11.8 Å². The number of hydrogen-bond acceptors (Lipinski definition) is 7. The van der Waals surface area contributed by atoms with Crippen molar-refractivity contribution in [3.8, 4) is 11.1 Å². The lowest BCUT2D eigenvalue weighted by atomic mass is 9.95. The first kappa shape index (κ1) is 35.9. The predicted octanol–water partition coefficient (Wildman–Crippen LogP) is 5.33. The molecule has 3 aromatic carbocycles. The molecule has 0 aromatic heterocycles. The van der Waals surface area contributed by atoms with Crippen LogP contribution in [0.15, 0.2) is 91.0 Å². The van der Waals surface area contributed by atoms with Crippen LogP contribution in [0.3, 0.4) is 0 Å². The summed E-state index contributed by atoms with van der Waals surface area (Å²) < 4.78 is 11.5. The van der Waals surface area contributed by atoms with E-state index in [2.05, 4.69) is 28.1 Å². The summed E-state index contributed by atoms with van der Waals surface area (Å²) in [5.74, 6) is -2.00. The van der Waals surface area contributed by atoms with Gasteiger partial charge in [0.1, 0.15) is 19.3 Å². The number of rotatable bonds is 9. The molecule has 0 unspecified atom stereocenters. The highest BCUT2D eigenvalue weighted by Crippen LogP contribution is 2.44. The molecular formula is C41H47N3O7. The molecule has 0 spiro atoms. The fourth-order valence-electron chi connectivity index (χ4n) is 7.55. The van der Waals surface area contributed by atoms with Crippen LogP contribution in [-0.2, 0) is 30.3 Å². The summed E-state index contributed by atoms with van der Waals surface area (Å²) in [7, 11) is 0. The Labute approximate surface area is 299 Å². The maximum absolute atomic E-state index is 13.7. The largest absolute Gasteiger partial charge is 0.462 e. The first-order chi connectivity index (χ1) is 24.8. The maximum atomic E-state index is 13.7. The SMILES string of the molecule is O=C(C[C@H]1CC=CCC[C@H](NC(=O)OCC2c3ccccc3-c3ccccc32)C(=O)OC[C@@H](Cc2ccccc2)NC1=O)NC1(CO)CCCC1. The number of amides is 3. The van der Waals surface area contributed by atoms with Gasteiger partial charge in [0.15, 0.2) is 0 Å². The molecule has 1 fully saturated rings. The number of allylic oxidation sites excluding steroid dienone is 2. The molecule has 1 saturated carbocycles. The van der Waals surface area contributed by atoms with Crippen LogP contribution < -0.4 is 16.0 Å².